The number of hydrogen-bond donors (Lipinski definition) is 1. The summed E-state index contributed by atoms with van der Waals surface area (Å²) in [5.41, 5.74) is 0.985. The van der Waals surface area contributed by atoms with Gasteiger partial charge < -0.3 is 9.84 Å². The maximum absolute atomic E-state index is 10.2. The van der Waals surface area contributed by atoms with E-state index in [1.165, 1.54) is 0 Å². The number of morpholine rings is 1. The average molecular weight is 235 g/mol. The molecule has 0 unspecified atom stereocenters. The lowest BCUT2D eigenvalue weighted by Gasteiger charge is -2.36. The van der Waals surface area contributed by atoms with Crippen molar-refractivity contribution in [3.05, 3.63) is 35.9 Å². The molecule has 3 atom stereocenters. The zero-order valence-corrected chi connectivity index (χ0v) is 10.5. The van der Waals surface area contributed by atoms with Crippen LogP contribution >= 0.6 is 0 Å². The van der Waals surface area contributed by atoms with Gasteiger partial charge in [0.1, 0.15) is 0 Å². The predicted molar refractivity (Wildman–Crippen MR) is 67.9 cm³/mol. The van der Waals surface area contributed by atoms with Crippen molar-refractivity contribution >= 4 is 0 Å². The molecule has 0 saturated carbocycles. The highest BCUT2D eigenvalue weighted by Gasteiger charge is 2.24. The molecule has 1 aliphatic rings. The van der Waals surface area contributed by atoms with Gasteiger partial charge >= 0.3 is 0 Å². The second-order valence-electron chi connectivity index (χ2n) is 4.90. The van der Waals surface area contributed by atoms with E-state index in [-0.39, 0.29) is 12.2 Å². The summed E-state index contributed by atoms with van der Waals surface area (Å²) in [6.07, 6.45) is 0.0946. The van der Waals surface area contributed by atoms with E-state index in [1.54, 1.807) is 0 Å². The fourth-order valence-electron chi connectivity index (χ4n) is 2.46. The second-order valence-corrected chi connectivity index (χ2v) is 4.90. The zero-order valence-electron chi connectivity index (χ0n) is 10.5. The molecule has 1 aromatic carbocycles. The summed E-state index contributed by atoms with van der Waals surface area (Å²) in [5.74, 6) is 0. The molecule has 1 fully saturated rings. The Hall–Kier alpha value is -0.900. The first-order valence-corrected chi connectivity index (χ1v) is 6.26. The van der Waals surface area contributed by atoms with Gasteiger partial charge in [-0.25, -0.2) is 0 Å². The summed E-state index contributed by atoms with van der Waals surface area (Å²) in [5, 5.41) is 10.2. The maximum Gasteiger partial charge on any atom is 0.0916 e. The van der Waals surface area contributed by atoms with Crippen molar-refractivity contribution < 1.29 is 9.84 Å². The summed E-state index contributed by atoms with van der Waals surface area (Å²) >= 11 is 0. The second kappa shape index (κ2) is 5.63. The van der Waals surface area contributed by atoms with Crippen molar-refractivity contribution in [2.75, 3.05) is 19.6 Å². The van der Waals surface area contributed by atoms with Crippen LogP contribution in [-0.4, -0.2) is 41.8 Å². The molecule has 0 aromatic heterocycles. The lowest BCUT2D eigenvalue weighted by Crippen LogP contribution is -2.46. The van der Waals surface area contributed by atoms with E-state index in [0.29, 0.717) is 6.54 Å². The van der Waals surface area contributed by atoms with Crippen LogP contribution in [-0.2, 0) is 4.74 Å². The van der Waals surface area contributed by atoms with Gasteiger partial charge in [0.2, 0.25) is 0 Å². The van der Waals surface area contributed by atoms with Crippen LogP contribution in [0.5, 0.6) is 0 Å². The van der Waals surface area contributed by atoms with Crippen LogP contribution in [0.3, 0.4) is 0 Å². The standard InChI is InChI=1S/C14H21NO2/c1-11-8-15(9-12(2)17-11)10-14(16)13-6-4-3-5-7-13/h3-7,11-12,14,16H,8-10H2,1-2H3/t11-,12-,14-/m0/s1. The normalized spacial score (nSPS) is 27.9. The Morgan fingerprint density at radius 3 is 2.41 bits per heavy atom. The topological polar surface area (TPSA) is 32.7 Å². The fraction of sp³-hybridized carbons (Fsp3) is 0.571. The highest BCUT2D eigenvalue weighted by molar-refractivity contribution is 5.17. The molecule has 1 aliphatic heterocycles. The first kappa shape index (κ1) is 12.6. The number of aliphatic hydroxyl groups excluding tert-OH is 1. The molecule has 0 aliphatic carbocycles. The Bertz CT molecular complexity index is 331. The molecule has 94 valence electrons. The molecule has 1 aromatic rings. The van der Waals surface area contributed by atoms with E-state index in [2.05, 4.69) is 18.7 Å². The third-order valence-corrected chi connectivity index (χ3v) is 3.11. The highest BCUT2D eigenvalue weighted by atomic mass is 16.5. The highest BCUT2D eigenvalue weighted by Crippen LogP contribution is 2.17. The molecule has 3 heteroatoms. The average Bonchev–Trinajstić information content (AvgIpc) is 2.28. The molecule has 0 amide bonds. The molecule has 1 N–H and O–H groups in total. The maximum atomic E-state index is 10.2. The monoisotopic (exact) mass is 235 g/mol. The lowest BCUT2D eigenvalue weighted by atomic mass is 10.1. The van der Waals surface area contributed by atoms with E-state index in [9.17, 15) is 5.11 Å². The van der Waals surface area contributed by atoms with Gasteiger partial charge in [0.05, 0.1) is 18.3 Å². The largest absolute Gasteiger partial charge is 0.387 e. The third kappa shape index (κ3) is 3.53. The summed E-state index contributed by atoms with van der Waals surface area (Å²) in [7, 11) is 0. The first-order valence-electron chi connectivity index (χ1n) is 6.26. The number of β-amino-alcohol motifs (C(OH)–C–C–N with tert-alkyl or cyclic N) is 1. The number of nitrogens with zero attached hydrogens (tertiary/aromatic N) is 1. The van der Waals surface area contributed by atoms with Gasteiger partial charge in [-0.2, -0.15) is 0 Å². The van der Waals surface area contributed by atoms with Gasteiger partial charge in [-0.15, -0.1) is 0 Å². The number of benzene rings is 1. The van der Waals surface area contributed by atoms with Crippen LogP contribution in [0.4, 0.5) is 0 Å². The van der Waals surface area contributed by atoms with Crippen LogP contribution in [0.15, 0.2) is 30.3 Å². The van der Waals surface area contributed by atoms with Crippen molar-refractivity contribution in [2.45, 2.75) is 32.2 Å². The van der Waals surface area contributed by atoms with E-state index in [4.69, 9.17) is 4.74 Å². The quantitative estimate of drug-likeness (QED) is 0.867. The van der Waals surface area contributed by atoms with Crippen LogP contribution < -0.4 is 0 Å². The van der Waals surface area contributed by atoms with Gasteiger partial charge in [-0.05, 0) is 19.4 Å². The summed E-state index contributed by atoms with van der Waals surface area (Å²) in [6, 6.07) is 9.83. The van der Waals surface area contributed by atoms with E-state index < -0.39 is 6.10 Å². The molecule has 0 radical (unpaired) electrons. The zero-order chi connectivity index (χ0) is 12.3. The van der Waals surface area contributed by atoms with Crippen LogP contribution in [0.25, 0.3) is 0 Å². The van der Waals surface area contributed by atoms with Crippen molar-refractivity contribution in [1.29, 1.82) is 0 Å². The molecule has 1 heterocycles. The summed E-state index contributed by atoms with van der Waals surface area (Å²) in [4.78, 5) is 2.27. The Morgan fingerprint density at radius 2 is 1.82 bits per heavy atom. The van der Waals surface area contributed by atoms with Crippen molar-refractivity contribution in [3.8, 4) is 0 Å². The van der Waals surface area contributed by atoms with Gasteiger partial charge in [-0.1, -0.05) is 30.3 Å². The van der Waals surface area contributed by atoms with E-state index in [1.807, 2.05) is 30.3 Å². The summed E-state index contributed by atoms with van der Waals surface area (Å²) < 4.78 is 5.68. The van der Waals surface area contributed by atoms with E-state index in [0.717, 1.165) is 18.7 Å². The number of hydrogen-bond acceptors (Lipinski definition) is 3. The molecule has 3 nitrogen and oxygen atoms in total. The number of aliphatic hydroxyl groups is 1. The summed E-state index contributed by atoms with van der Waals surface area (Å²) in [6.45, 7) is 6.64. The molecule has 0 spiro atoms. The molecule has 0 bridgehead atoms. The Kier molecular flexibility index (Phi) is 4.15. The molecule has 1 saturated heterocycles. The molecule has 2 rings (SSSR count). The van der Waals surface area contributed by atoms with Crippen LogP contribution in [0.2, 0.25) is 0 Å². The Balaban J connectivity index is 1.92. The van der Waals surface area contributed by atoms with Crippen molar-refractivity contribution in [1.82, 2.24) is 4.90 Å². The SMILES string of the molecule is C[C@H]1CN(C[C@H](O)c2ccccc2)C[C@H](C)O1. The first-order chi connectivity index (χ1) is 8.15. The van der Waals surface area contributed by atoms with E-state index >= 15 is 0 Å². The Morgan fingerprint density at radius 1 is 1.24 bits per heavy atom. The van der Waals surface area contributed by atoms with Gasteiger partial charge in [0.15, 0.2) is 0 Å². The van der Waals surface area contributed by atoms with Gasteiger partial charge in [0.25, 0.3) is 0 Å². The number of rotatable bonds is 3. The molecular formula is C14H21NO2. The smallest absolute Gasteiger partial charge is 0.0916 e. The van der Waals surface area contributed by atoms with Crippen LogP contribution in [0.1, 0.15) is 25.5 Å². The number of ether oxygens (including phenoxy) is 1. The third-order valence-electron chi connectivity index (χ3n) is 3.11. The fourth-order valence-corrected chi connectivity index (χ4v) is 2.46. The molecule has 17 heavy (non-hydrogen) atoms. The predicted octanol–water partition coefficient (Wildman–Crippen LogP) is 1.83. The minimum atomic E-state index is -0.409. The van der Waals surface area contributed by atoms with Crippen molar-refractivity contribution in [2.24, 2.45) is 0 Å². The molecular weight excluding hydrogens is 214 g/mol. The lowest BCUT2D eigenvalue weighted by molar-refractivity contribution is -0.0767. The van der Waals surface area contributed by atoms with Gasteiger partial charge in [-0.3, -0.25) is 4.90 Å². The van der Waals surface area contributed by atoms with Crippen molar-refractivity contribution in [3.63, 3.8) is 0 Å². The van der Waals surface area contributed by atoms with Crippen LogP contribution in [0, 0.1) is 0 Å². The minimum Gasteiger partial charge on any atom is -0.387 e. The van der Waals surface area contributed by atoms with Gasteiger partial charge in [0, 0.05) is 19.6 Å². The minimum absolute atomic E-state index is 0.252. The Labute approximate surface area is 103 Å².